The summed E-state index contributed by atoms with van der Waals surface area (Å²) in [4.78, 5) is 26.3. The second kappa shape index (κ2) is 6.38. The Bertz CT molecular complexity index is 1130. The third kappa shape index (κ3) is 2.91. The van der Waals surface area contributed by atoms with Crippen molar-refractivity contribution in [1.29, 1.82) is 0 Å². The normalized spacial score (nSPS) is 11.0. The maximum atomic E-state index is 5.84. The molecule has 27 heavy (non-hydrogen) atoms. The molecule has 2 aromatic carbocycles. The molecule has 0 atom stereocenters. The first-order chi connectivity index (χ1) is 13.4. The molecule has 5 rings (SSSR count). The molecule has 0 N–H and O–H groups in total. The lowest BCUT2D eigenvalue weighted by molar-refractivity contribution is 0.612. The van der Waals surface area contributed by atoms with Crippen molar-refractivity contribution in [3.8, 4) is 34.5 Å². The lowest BCUT2D eigenvalue weighted by atomic mass is 10.2. The molecule has 7 nitrogen and oxygen atoms in total. The van der Waals surface area contributed by atoms with E-state index < -0.39 is 0 Å². The summed E-state index contributed by atoms with van der Waals surface area (Å²) in [6.45, 7) is 0. The van der Waals surface area contributed by atoms with Gasteiger partial charge in [-0.05, 0) is 12.1 Å². The van der Waals surface area contributed by atoms with Crippen molar-refractivity contribution in [3.63, 3.8) is 0 Å². The van der Waals surface area contributed by atoms with Crippen molar-refractivity contribution in [2.75, 3.05) is 0 Å². The quantitative estimate of drug-likeness (QED) is 0.488. The lowest BCUT2D eigenvalue weighted by Gasteiger charge is -2.05. The van der Waals surface area contributed by atoms with E-state index in [4.69, 9.17) is 4.42 Å². The molecule has 3 heterocycles. The minimum atomic E-state index is 0.342. The van der Waals surface area contributed by atoms with E-state index in [0.717, 1.165) is 11.1 Å². The number of benzene rings is 2. The summed E-state index contributed by atoms with van der Waals surface area (Å²) >= 11 is 0. The third-order valence-electron chi connectivity index (χ3n) is 3.97. The second-order valence-corrected chi connectivity index (χ2v) is 5.79. The zero-order chi connectivity index (χ0) is 18.1. The maximum Gasteiger partial charge on any atom is 0.266 e. The van der Waals surface area contributed by atoms with Gasteiger partial charge in [0.05, 0.1) is 5.56 Å². The molecule has 0 aliphatic rings. The molecule has 0 radical (unpaired) electrons. The minimum absolute atomic E-state index is 0.342. The van der Waals surface area contributed by atoms with Crippen LogP contribution in [0, 0.1) is 0 Å². The number of nitrogens with zero attached hydrogens (tertiary/aromatic N) is 6. The number of fused-ring (bicyclic) bond motifs is 1. The van der Waals surface area contributed by atoms with E-state index in [1.54, 1.807) is 12.4 Å². The Kier molecular flexibility index (Phi) is 3.61. The molecule has 3 aromatic heterocycles. The smallest absolute Gasteiger partial charge is 0.266 e. The molecule has 0 aliphatic heterocycles. The Labute approximate surface area is 153 Å². The van der Waals surface area contributed by atoms with Crippen LogP contribution < -0.4 is 0 Å². The monoisotopic (exact) mass is 352 g/mol. The number of para-hydroxylation sites is 2. The van der Waals surface area contributed by atoms with Crippen LogP contribution >= 0.6 is 0 Å². The van der Waals surface area contributed by atoms with Gasteiger partial charge in [0.25, 0.3) is 5.89 Å². The van der Waals surface area contributed by atoms with Crippen LogP contribution in [0.5, 0.6) is 0 Å². The highest BCUT2D eigenvalue weighted by molar-refractivity contribution is 5.75. The number of hydrogen-bond acceptors (Lipinski definition) is 7. The van der Waals surface area contributed by atoms with Gasteiger partial charge in [0.2, 0.25) is 5.82 Å². The zero-order valence-corrected chi connectivity index (χ0v) is 14.0. The van der Waals surface area contributed by atoms with Gasteiger partial charge < -0.3 is 4.42 Å². The molecule has 0 fully saturated rings. The van der Waals surface area contributed by atoms with E-state index in [1.165, 1.54) is 6.33 Å². The first-order valence-electron chi connectivity index (χ1n) is 8.30. The number of rotatable bonds is 3. The molecule has 0 saturated carbocycles. The van der Waals surface area contributed by atoms with Crippen LogP contribution in [0.2, 0.25) is 0 Å². The molecule has 0 spiro atoms. The predicted octanol–water partition coefficient (Wildman–Crippen LogP) is 3.80. The van der Waals surface area contributed by atoms with Crippen molar-refractivity contribution in [2.45, 2.75) is 0 Å². The molecule has 0 amide bonds. The molecule has 5 aromatic rings. The van der Waals surface area contributed by atoms with Gasteiger partial charge in [-0.1, -0.05) is 42.5 Å². The van der Waals surface area contributed by atoms with Gasteiger partial charge in [-0.15, -0.1) is 0 Å². The second-order valence-electron chi connectivity index (χ2n) is 5.79. The highest BCUT2D eigenvalue weighted by atomic mass is 16.3. The van der Waals surface area contributed by atoms with E-state index in [1.807, 2.05) is 54.6 Å². The summed E-state index contributed by atoms with van der Waals surface area (Å²) in [5.41, 5.74) is 2.99. The fraction of sp³-hybridized carbons (Fsp3) is 0. The highest BCUT2D eigenvalue weighted by Crippen LogP contribution is 2.25. The summed E-state index contributed by atoms with van der Waals surface area (Å²) in [7, 11) is 0. The Morgan fingerprint density at radius 1 is 0.593 bits per heavy atom. The van der Waals surface area contributed by atoms with Crippen molar-refractivity contribution in [2.24, 2.45) is 0 Å². The van der Waals surface area contributed by atoms with Crippen LogP contribution in [0.25, 0.3) is 45.6 Å². The van der Waals surface area contributed by atoms with E-state index >= 15 is 0 Å². The fourth-order valence-corrected chi connectivity index (χ4v) is 2.70. The molecule has 0 unspecified atom stereocenters. The predicted molar refractivity (Wildman–Crippen MR) is 99.3 cm³/mol. The van der Waals surface area contributed by atoms with Gasteiger partial charge in [0.15, 0.2) is 17.2 Å². The fourth-order valence-electron chi connectivity index (χ4n) is 2.70. The van der Waals surface area contributed by atoms with E-state index in [0.29, 0.717) is 34.5 Å². The van der Waals surface area contributed by atoms with E-state index in [2.05, 4.69) is 29.9 Å². The number of aromatic nitrogens is 6. The van der Waals surface area contributed by atoms with Crippen LogP contribution in [0.4, 0.5) is 0 Å². The molecular formula is C20H12N6O. The number of oxazole rings is 1. The Morgan fingerprint density at radius 2 is 1.26 bits per heavy atom. The molecule has 0 bridgehead atoms. The molecule has 0 saturated heterocycles. The summed E-state index contributed by atoms with van der Waals surface area (Å²) in [6, 6.07) is 17.2. The van der Waals surface area contributed by atoms with Crippen LogP contribution in [-0.4, -0.2) is 29.9 Å². The van der Waals surface area contributed by atoms with Gasteiger partial charge in [-0.2, -0.15) is 0 Å². The summed E-state index contributed by atoms with van der Waals surface area (Å²) in [5.74, 6) is 1.69. The van der Waals surface area contributed by atoms with Gasteiger partial charge in [0.1, 0.15) is 11.8 Å². The number of hydrogen-bond donors (Lipinski definition) is 0. The summed E-state index contributed by atoms with van der Waals surface area (Å²) in [5, 5.41) is 0. The Balaban J connectivity index is 1.72. The van der Waals surface area contributed by atoms with Crippen LogP contribution in [0.3, 0.4) is 0 Å². The Hall–Kier alpha value is -4.00. The van der Waals surface area contributed by atoms with E-state index in [-0.39, 0.29) is 0 Å². The SMILES string of the molecule is c1ccc(-c2nc(-c3cncnc3)nc(-c3nc4ccccc4o3)n2)cc1. The average molecular weight is 352 g/mol. The van der Waals surface area contributed by atoms with Crippen LogP contribution in [-0.2, 0) is 0 Å². The van der Waals surface area contributed by atoms with Crippen LogP contribution in [0.15, 0.2) is 77.7 Å². The molecule has 0 aliphatic carbocycles. The topological polar surface area (TPSA) is 90.5 Å². The first-order valence-corrected chi connectivity index (χ1v) is 8.30. The Morgan fingerprint density at radius 3 is 2.04 bits per heavy atom. The standard InChI is InChI=1S/C20H12N6O/c1-2-6-13(7-3-1)17-24-18(14-10-21-12-22-11-14)26-19(25-17)20-23-15-8-4-5-9-16(15)27-20/h1-12H. The van der Waals surface area contributed by atoms with Crippen LogP contribution in [0.1, 0.15) is 0 Å². The lowest BCUT2D eigenvalue weighted by Crippen LogP contribution is -2.00. The van der Waals surface area contributed by atoms with Gasteiger partial charge in [-0.25, -0.2) is 29.9 Å². The van der Waals surface area contributed by atoms with Crippen molar-refractivity contribution >= 4 is 11.1 Å². The van der Waals surface area contributed by atoms with Gasteiger partial charge in [-0.3, -0.25) is 0 Å². The van der Waals surface area contributed by atoms with E-state index in [9.17, 15) is 0 Å². The molecule has 128 valence electrons. The largest absolute Gasteiger partial charge is 0.434 e. The average Bonchev–Trinajstić information content (AvgIpc) is 3.19. The maximum absolute atomic E-state index is 5.84. The highest BCUT2D eigenvalue weighted by Gasteiger charge is 2.16. The zero-order valence-electron chi connectivity index (χ0n) is 14.0. The minimum Gasteiger partial charge on any atom is -0.434 e. The summed E-state index contributed by atoms with van der Waals surface area (Å²) < 4.78 is 5.84. The van der Waals surface area contributed by atoms with Crippen molar-refractivity contribution < 1.29 is 4.42 Å². The first kappa shape index (κ1) is 15.3. The van der Waals surface area contributed by atoms with Crippen molar-refractivity contribution in [1.82, 2.24) is 29.9 Å². The van der Waals surface area contributed by atoms with Gasteiger partial charge >= 0.3 is 0 Å². The summed E-state index contributed by atoms with van der Waals surface area (Å²) in [6.07, 6.45) is 4.78. The molecule has 7 heteroatoms. The van der Waals surface area contributed by atoms with Crippen molar-refractivity contribution in [3.05, 3.63) is 73.3 Å². The van der Waals surface area contributed by atoms with Gasteiger partial charge in [0, 0.05) is 18.0 Å². The molecular weight excluding hydrogens is 340 g/mol. The third-order valence-corrected chi connectivity index (χ3v) is 3.97.